The van der Waals surface area contributed by atoms with Crippen LogP contribution in [0.5, 0.6) is 5.75 Å². The van der Waals surface area contributed by atoms with Gasteiger partial charge in [0.1, 0.15) is 5.75 Å². The van der Waals surface area contributed by atoms with Crippen LogP contribution < -0.4 is 15.0 Å². The standard InChI is InChI=1S/C17H27N3O/c1-21-17-7-5-16(6-8-17)20-13-11-19(12-14-20)10-2-9-18-15-3-4-15/h5-8,15,18H,2-4,9-14H2,1H3. The van der Waals surface area contributed by atoms with Gasteiger partial charge in [0.05, 0.1) is 7.11 Å². The first kappa shape index (κ1) is 14.7. The molecule has 0 unspecified atom stereocenters. The fourth-order valence-electron chi connectivity index (χ4n) is 2.92. The molecule has 1 saturated carbocycles. The summed E-state index contributed by atoms with van der Waals surface area (Å²) in [7, 11) is 1.71. The number of benzene rings is 1. The molecule has 3 rings (SSSR count). The Morgan fingerprint density at radius 3 is 2.43 bits per heavy atom. The normalized spacial score (nSPS) is 19.8. The molecule has 0 aromatic heterocycles. The average Bonchev–Trinajstić information content (AvgIpc) is 3.37. The van der Waals surface area contributed by atoms with Crippen LogP contribution in [0.4, 0.5) is 5.69 Å². The van der Waals surface area contributed by atoms with E-state index in [4.69, 9.17) is 4.74 Å². The van der Waals surface area contributed by atoms with Gasteiger partial charge in [0.15, 0.2) is 0 Å². The van der Waals surface area contributed by atoms with Crippen molar-refractivity contribution in [2.24, 2.45) is 0 Å². The highest BCUT2D eigenvalue weighted by atomic mass is 16.5. The minimum absolute atomic E-state index is 0.844. The monoisotopic (exact) mass is 289 g/mol. The lowest BCUT2D eigenvalue weighted by Gasteiger charge is -2.36. The first-order valence-electron chi connectivity index (χ1n) is 8.20. The van der Waals surface area contributed by atoms with Crippen LogP contribution >= 0.6 is 0 Å². The molecule has 1 aliphatic carbocycles. The summed E-state index contributed by atoms with van der Waals surface area (Å²) in [5, 5.41) is 3.59. The van der Waals surface area contributed by atoms with E-state index >= 15 is 0 Å². The predicted octanol–water partition coefficient (Wildman–Crippen LogP) is 1.96. The summed E-state index contributed by atoms with van der Waals surface area (Å²) in [5.74, 6) is 0.931. The van der Waals surface area contributed by atoms with E-state index in [1.54, 1.807) is 7.11 Å². The van der Waals surface area contributed by atoms with Crippen molar-refractivity contribution in [2.75, 3.05) is 51.3 Å². The Labute approximate surface area is 128 Å². The first-order chi connectivity index (χ1) is 10.3. The maximum atomic E-state index is 5.22. The van der Waals surface area contributed by atoms with Crippen molar-refractivity contribution in [3.63, 3.8) is 0 Å². The summed E-state index contributed by atoms with van der Waals surface area (Å²) >= 11 is 0. The van der Waals surface area contributed by atoms with Crippen LogP contribution in [-0.2, 0) is 0 Å². The highest BCUT2D eigenvalue weighted by molar-refractivity contribution is 5.49. The van der Waals surface area contributed by atoms with Crippen LogP contribution in [0.2, 0.25) is 0 Å². The Morgan fingerprint density at radius 2 is 1.81 bits per heavy atom. The molecule has 4 heteroatoms. The maximum Gasteiger partial charge on any atom is 0.119 e. The Kier molecular flexibility index (Phi) is 4.99. The molecular weight excluding hydrogens is 262 g/mol. The molecule has 116 valence electrons. The number of hydrogen-bond donors (Lipinski definition) is 1. The molecule has 0 amide bonds. The molecule has 0 bridgehead atoms. The van der Waals surface area contributed by atoms with Gasteiger partial charge >= 0.3 is 0 Å². The van der Waals surface area contributed by atoms with Crippen LogP contribution in [0.15, 0.2) is 24.3 Å². The van der Waals surface area contributed by atoms with Crippen molar-refractivity contribution in [2.45, 2.75) is 25.3 Å². The summed E-state index contributed by atoms with van der Waals surface area (Å²) in [6, 6.07) is 9.26. The second-order valence-corrected chi connectivity index (χ2v) is 6.11. The quantitative estimate of drug-likeness (QED) is 0.777. The van der Waals surface area contributed by atoms with Gasteiger partial charge in [-0.15, -0.1) is 0 Å². The van der Waals surface area contributed by atoms with Crippen LogP contribution in [0, 0.1) is 0 Å². The lowest BCUT2D eigenvalue weighted by molar-refractivity contribution is 0.254. The van der Waals surface area contributed by atoms with Gasteiger partial charge in [0, 0.05) is 37.9 Å². The van der Waals surface area contributed by atoms with Gasteiger partial charge in [-0.05, 0) is 56.6 Å². The van der Waals surface area contributed by atoms with Gasteiger partial charge in [-0.3, -0.25) is 4.90 Å². The Hall–Kier alpha value is -1.26. The largest absolute Gasteiger partial charge is 0.497 e. The third-order valence-corrected chi connectivity index (χ3v) is 4.47. The van der Waals surface area contributed by atoms with Crippen molar-refractivity contribution in [1.82, 2.24) is 10.2 Å². The first-order valence-corrected chi connectivity index (χ1v) is 8.20. The summed E-state index contributed by atoms with van der Waals surface area (Å²) in [6.45, 7) is 7.02. The summed E-state index contributed by atoms with van der Waals surface area (Å²) in [4.78, 5) is 5.06. The zero-order valence-corrected chi connectivity index (χ0v) is 13.1. The number of nitrogens with one attached hydrogen (secondary N) is 1. The minimum Gasteiger partial charge on any atom is -0.497 e. The SMILES string of the molecule is COc1ccc(N2CCN(CCCNC3CC3)CC2)cc1. The van der Waals surface area contributed by atoms with Gasteiger partial charge in [-0.25, -0.2) is 0 Å². The van der Waals surface area contributed by atoms with Crippen molar-refractivity contribution in [3.05, 3.63) is 24.3 Å². The Balaban J connectivity index is 1.37. The molecule has 0 spiro atoms. The maximum absolute atomic E-state index is 5.22. The third kappa shape index (κ3) is 4.35. The second-order valence-electron chi connectivity index (χ2n) is 6.11. The van der Waals surface area contributed by atoms with Crippen molar-refractivity contribution in [3.8, 4) is 5.75 Å². The number of rotatable bonds is 7. The molecule has 4 nitrogen and oxygen atoms in total. The van der Waals surface area contributed by atoms with E-state index in [1.165, 1.54) is 51.1 Å². The topological polar surface area (TPSA) is 27.7 Å². The van der Waals surface area contributed by atoms with Crippen LogP contribution in [0.25, 0.3) is 0 Å². The molecule has 2 aliphatic rings. The number of anilines is 1. The van der Waals surface area contributed by atoms with E-state index < -0.39 is 0 Å². The van der Waals surface area contributed by atoms with Crippen molar-refractivity contribution < 1.29 is 4.74 Å². The highest BCUT2D eigenvalue weighted by Crippen LogP contribution is 2.20. The van der Waals surface area contributed by atoms with Crippen LogP contribution in [0.3, 0.4) is 0 Å². The zero-order chi connectivity index (χ0) is 14.5. The molecule has 1 N–H and O–H groups in total. The van der Waals surface area contributed by atoms with Gasteiger partial charge in [0.25, 0.3) is 0 Å². The summed E-state index contributed by atoms with van der Waals surface area (Å²) in [6.07, 6.45) is 4.06. The number of hydrogen-bond acceptors (Lipinski definition) is 4. The van der Waals surface area contributed by atoms with Crippen molar-refractivity contribution in [1.29, 1.82) is 0 Å². The van der Waals surface area contributed by atoms with E-state index in [0.717, 1.165) is 24.9 Å². The lowest BCUT2D eigenvalue weighted by Crippen LogP contribution is -2.47. The number of nitrogens with zero attached hydrogens (tertiary/aromatic N) is 2. The summed E-state index contributed by atoms with van der Waals surface area (Å²) < 4.78 is 5.22. The van der Waals surface area contributed by atoms with Gasteiger partial charge in [-0.1, -0.05) is 0 Å². The van der Waals surface area contributed by atoms with E-state index in [1.807, 2.05) is 12.1 Å². The third-order valence-electron chi connectivity index (χ3n) is 4.47. The van der Waals surface area contributed by atoms with E-state index in [9.17, 15) is 0 Å². The number of ether oxygens (including phenoxy) is 1. The molecule has 1 aromatic carbocycles. The molecule has 1 aromatic rings. The van der Waals surface area contributed by atoms with Crippen LogP contribution in [0.1, 0.15) is 19.3 Å². The molecule has 21 heavy (non-hydrogen) atoms. The zero-order valence-electron chi connectivity index (χ0n) is 13.1. The van der Waals surface area contributed by atoms with E-state index in [2.05, 4.69) is 27.2 Å². The van der Waals surface area contributed by atoms with Gasteiger partial charge in [0.2, 0.25) is 0 Å². The molecule has 0 radical (unpaired) electrons. The molecule has 1 saturated heterocycles. The predicted molar refractivity (Wildman–Crippen MR) is 87.3 cm³/mol. The van der Waals surface area contributed by atoms with Crippen molar-refractivity contribution >= 4 is 5.69 Å². The fraction of sp³-hybridized carbons (Fsp3) is 0.647. The Bertz CT molecular complexity index is 422. The smallest absolute Gasteiger partial charge is 0.119 e. The molecular formula is C17H27N3O. The Morgan fingerprint density at radius 1 is 1.10 bits per heavy atom. The van der Waals surface area contributed by atoms with Crippen LogP contribution in [-0.4, -0.2) is 57.3 Å². The molecule has 1 aliphatic heterocycles. The molecule has 0 atom stereocenters. The second kappa shape index (κ2) is 7.14. The van der Waals surface area contributed by atoms with E-state index in [-0.39, 0.29) is 0 Å². The highest BCUT2D eigenvalue weighted by Gasteiger charge is 2.20. The summed E-state index contributed by atoms with van der Waals surface area (Å²) in [5.41, 5.74) is 1.31. The van der Waals surface area contributed by atoms with Gasteiger partial charge < -0.3 is 15.0 Å². The fourth-order valence-corrected chi connectivity index (χ4v) is 2.92. The van der Waals surface area contributed by atoms with Gasteiger partial charge in [-0.2, -0.15) is 0 Å². The molecule has 2 fully saturated rings. The molecule has 1 heterocycles. The van der Waals surface area contributed by atoms with E-state index in [0.29, 0.717) is 0 Å². The number of piperazine rings is 1. The lowest BCUT2D eigenvalue weighted by atomic mass is 10.2. The number of methoxy groups -OCH3 is 1. The minimum atomic E-state index is 0.844. The average molecular weight is 289 g/mol.